The molecule has 6 heteroatoms. The van der Waals surface area contributed by atoms with Crippen molar-refractivity contribution in [2.45, 2.75) is 329 Å². The lowest BCUT2D eigenvalue weighted by Gasteiger charge is -2.18. The van der Waals surface area contributed by atoms with E-state index < -0.39 is 6.10 Å². The number of esters is 3. The van der Waals surface area contributed by atoms with E-state index in [0.717, 1.165) is 116 Å². The third kappa shape index (κ3) is 64.9. The Balaban J connectivity index is 4.05. The average molecular weight is 1110 g/mol. The SMILES string of the molecule is CC/C=C\C/C=C\C/C=C\C/C=C\C/C=C\C/C=C\CCCCCCCCCCCCCCCCC(=O)OCC(COC(=O)CCCCCCCC)OC(=O)CCCCCCCCCC/C=C\C/C=C\C/C=C\CCCCCCC. The van der Waals surface area contributed by atoms with Gasteiger partial charge in [-0.3, -0.25) is 14.4 Å². The first-order chi connectivity index (χ1) is 39.5. The van der Waals surface area contributed by atoms with Gasteiger partial charge in [-0.15, -0.1) is 0 Å². The van der Waals surface area contributed by atoms with Gasteiger partial charge in [0.25, 0.3) is 0 Å². The van der Waals surface area contributed by atoms with E-state index in [1.165, 1.54) is 167 Å². The highest BCUT2D eigenvalue weighted by atomic mass is 16.6. The Bertz CT molecular complexity index is 1610. The topological polar surface area (TPSA) is 78.9 Å². The van der Waals surface area contributed by atoms with Crippen LogP contribution >= 0.6 is 0 Å². The van der Waals surface area contributed by atoms with Crippen molar-refractivity contribution in [3.05, 3.63) is 109 Å². The van der Waals surface area contributed by atoms with Gasteiger partial charge in [0, 0.05) is 19.3 Å². The van der Waals surface area contributed by atoms with Gasteiger partial charge in [-0.2, -0.15) is 0 Å². The lowest BCUT2D eigenvalue weighted by molar-refractivity contribution is -0.167. The minimum Gasteiger partial charge on any atom is -0.462 e. The summed E-state index contributed by atoms with van der Waals surface area (Å²) in [6.07, 6.45) is 92.9. The fourth-order valence-corrected chi connectivity index (χ4v) is 9.45. The number of allylic oxidation sites excluding steroid dienone is 18. The summed E-state index contributed by atoms with van der Waals surface area (Å²) in [5.74, 6) is -0.888. The van der Waals surface area contributed by atoms with Gasteiger partial charge in [0.15, 0.2) is 6.10 Å². The molecule has 0 aliphatic rings. The van der Waals surface area contributed by atoms with Crippen LogP contribution in [-0.4, -0.2) is 37.2 Å². The van der Waals surface area contributed by atoms with Gasteiger partial charge >= 0.3 is 17.9 Å². The second kappa shape index (κ2) is 67.6. The summed E-state index contributed by atoms with van der Waals surface area (Å²) in [4.78, 5) is 38.1. The second-order valence-electron chi connectivity index (χ2n) is 22.4. The Kier molecular flexibility index (Phi) is 64.3. The summed E-state index contributed by atoms with van der Waals surface area (Å²) in [5.41, 5.74) is 0. The smallest absolute Gasteiger partial charge is 0.306 e. The third-order valence-electron chi connectivity index (χ3n) is 14.5. The van der Waals surface area contributed by atoms with E-state index in [1.54, 1.807) is 0 Å². The normalized spacial score (nSPS) is 12.8. The zero-order valence-corrected chi connectivity index (χ0v) is 52.6. The van der Waals surface area contributed by atoms with Crippen LogP contribution in [0.25, 0.3) is 0 Å². The van der Waals surface area contributed by atoms with Gasteiger partial charge in [0.05, 0.1) is 0 Å². The first-order valence-electron chi connectivity index (χ1n) is 33.9. The molecular formula is C74H126O6. The Morgan fingerprint density at radius 1 is 0.263 bits per heavy atom. The number of hydrogen-bond donors (Lipinski definition) is 0. The molecule has 0 bridgehead atoms. The molecule has 0 spiro atoms. The molecule has 0 aromatic carbocycles. The molecule has 0 radical (unpaired) electrons. The van der Waals surface area contributed by atoms with Crippen molar-refractivity contribution >= 4 is 17.9 Å². The number of rotatable bonds is 61. The van der Waals surface area contributed by atoms with Crippen LogP contribution in [0.3, 0.4) is 0 Å². The van der Waals surface area contributed by atoms with Gasteiger partial charge in [-0.1, -0.05) is 304 Å². The molecule has 6 nitrogen and oxygen atoms in total. The standard InChI is InChI=1S/C74H126O6/c1-4-7-10-13-16-18-20-22-24-26-28-30-32-33-34-35-36-37-38-39-40-41-43-44-46-48-50-52-54-56-58-61-64-67-73(76)79-70-71(69-78-72(75)66-63-60-15-12-9-6-3)80-74(77)68-65-62-59-57-55-53-51-49-47-45-42-31-29-27-25-23-21-19-17-14-11-8-5-2/h7,10,16,18,21-24,27-30,33-34,36-37,42,45,71H,4-6,8-9,11-15,17,19-20,25-26,31-32,35,38-41,43-44,46-70H2,1-3H3/b10-7-,18-16-,23-21-,24-22-,29-27-,30-28-,34-33-,37-36-,45-42-. The molecule has 0 saturated heterocycles. The highest BCUT2D eigenvalue weighted by Gasteiger charge is 2.19. The van der Waals surface area contributed by atoms with Gasteiger partial charge in [0.1, 0.15) is 13.2 Å². The molecule has 0 amide bonds. The zero-order valence-electron chi connectivity index (χ0n) is 52.6. The second-order valence-corrected chi connectivity index (χ2v) is 22.4. The highest BCUT2D eigenvalue weighted by Crippen LogP contribution is 2.16. The van der Waals surface area contributed by atoms with Crippen molar-refractivity contribution in [1.29, 1.82) is 0 Å². The van der Waals surface area contributed by atoms with Crippen molar-refractivity contribution in [3.8, 4) is 0 Å². The predicted molar refractivity (Wildman–Crippen MR) is 348 cm³/mol. The molecule has 0 N–H and O–H groups in total. The lowest BCUT2D eigenvalue weighted by atomic mass is 10.0. The van der Waals surface area contributed by atoms with Gasteiger partial charge in [0.2, 0.25) is 0 Å². The van der Waals surface area contributed by atoms with Crippen molar-refractivity contribution in [3.63, 3.8) is 0 Å². The van der Waals surface area contributed by atoms with E-state index in [2.05, 4.69) is 130 Å². The lowest BCUT2D eigenvalue weighted by Crippen LogP contribution is -2.30. The molecule has 0 saturated carbocycles. The van der Waals surface area contributed by atoms with Crippen molar-refractivity contribution < 1.29 is 28.6 Å². The first-order valence-corrected chi connectivity index (χ1v) is 33.9. The van der Waals surface area contributed by atoms with E-state index in [0.29, 0.717) is 19.3 Å². The molecule has 0 fully saturated rings. The van der Waals surface area contributed by atoms with Crippen LogP contribution in [0.15, 0.2) is 109 Å². The van der Waals surface area contributed by atoms with E-state index in [4.69, 9.17) is 14.2 Å². The quantitative estimate of drug-likeness (QED) is 0.0261. The Morgan fingerprint density at radius 2 is 0.487 bits per heavy atom. The molecule has 0 aliphatic carbocycles. The van der Waals surface area contributed by atoms with Crippen LogP contribution in [0.5, 0.6) is 0 Å². The van der Waals surface area contributed by atoms with Gasteiger partial charge < -0.3 is 14.2 Å². The van der Waals surface area contributed by atoms with Crippen LogP contribution in [0.4, 0.5) is 0 Å². The average Bonchev–Trinajstić information content (AvgIpc) is 3.46. The first kappa shape index (κ1) is 76.1. The molecule has 0 aromatic rings. The summed E-state index contributed by atoms with van der Waals surface area (Å²) < 4.78 is 16.8. The summed E-state index contributed by atoms with van der Waals surface area (Å²) in [6, 6.07) is 0. The fraction of sp³-hybridized carbons (Fsp3) is 0.716. The Hall–Kier alpha value is -3.93. The van der Waals surface area contributed by atoms with Gasteiger partial charge in [-0.05, 0) is 109 Å². The largest absolute Gasteiger partial charge is 0.462 e. The van der Waals surface area contributed by atoms with Gasteiger partial charge in [-0.25, -0.2) is 0 Å². The molecule has 0 aromatic heterocycles. The van der Waals surface area contributed by atoms with E-state index in [-0.39, 0.29) is 31.1 Å². The fourth-order valence-electron chi connectivity index (χ4n) is 9.45. The third-order valence-corrected chi connectivity index (χ3v) is 14.5. The highest BCUT2D eigenvalue weighted by molar-refractivity contribution is 5.71. The predicted octanol–water partition coefficient (Wildman–Crippen LogP) is 23.4. The molecule has 458 valence electrons. The number of carbonyl (C=O) groups excluding carboxylic acids is 3. The van der Waals surface area contributed by atoms with E-state index in [9.17, 15) is 14.4 Å². The summed E-state index contributed by atoms with van der Waals surface area (Å²) in [6.45, 7) is 6.47. The van der Waals surface area contributed by atoms with Crippen LogP contribution in [0.1, 0.15) is 323 Å². The molecule has 80 heavy (non-hydrogen) atoms. The number of ether oxygens (including phenoxy) is 3. The molecule has 0 rings (SSSR count). The van der Waals surface area contributed by atoms with E-state index in [1.807, 2.05) is 0 Å². The van der Waals surface area contributed by atoms with Crippen molar-refractivity contribution in [2.24, 2.45) is 0 Å². The van der Waals surface area contributed by atoms with Crippen molar-refractivity contribution in [2.75, 3.05) is 13.2 Å². The van der Waals surface area contributed by atoms with Crippen molar-refractivity contribution in [1.82, 2.24) is 0 Å². The number of hydrogen-bond acceptors (Lipinski definition) is 6. The summed E-state index contributed by atoms with van der Waals surface area (Å²) >= 11 is 0. The van der Waals surface area contributed by atoms with E-state index >= 15 is 0 Å². The maximum absolute atomic E-state index is 12.9. The number of carbonyl (C=O) groups is 3. The number of unbranched alkanes of at least 4 members (excludes halogenated alkanes) is 32. The van der Waals surface area contributed by atoms with Crippen LogP contribution in [-0.2, 0) is 28.6 Å². The summed E-state index contributed by atoms with van der Waals surface area (Å²) in [7, 11) is 0. The minimum atomic E-state index is -0.780. The van der Waals surface area contributed by atoms with Crippen LogP contribution in [0.2, 0.25) is 0 Å². The minimum absolute atomic E-state index is 0.0793. The molecule has 0 aliphatic heterocycles. The monoisotopic (exact) mass is 1110 g/mol. The zero-order chi connectivity index (χ0) is 57.8. The Morgan fingerprint density at radius 3 is 0.762 bits per heavy atom. The molecule has 1 atom stereocenters. The molecular weight excluding hydrogens is 985 g/mol. The Labute approximate surface area is 495 Å². The molecule has 0 heterocycles. The maximum Gasteiger partial charge on any atom is 0.306 e. The van der Waals surface area contributed by atoms with Crippen LogP contribution in [0, 0.1) is 0 Å². The maximum atomic E-state index is 12.9. The van der Waals surface area contributed by atoms with Crippen LogP contribution < -0.4 is 0 Å². The molecule has 1 unspecified atom stereocenters. The summed E-state index contributed by atoms with van der Waals surface area (Å²) in [5, 5.41) is 0.